The Bertz CT molecular complexity index is 1150. The van der Waals surface area contributed by atoms with Crippen molar-refractivity contribution < 1.29 is 39.1 Å². The maximum Gasteiger partial charge on any atom is 0.273 e. The largest absolute Gasteiger partial charge is 0.507 e. The SMILES string of the molecule is O=C1C[C@@H](O)[C@]23Oc4ccc(O)c5c4[C@](Oc4cccc1c42)(O3)[C@H](O)[C@@H](Br)C5=O. The van der Waals surface area contributed by atoms with Crippen molar-refractivity contribution in [2.75, 3.05) is 0 Å². The lowest BCUT2D eigenvalue weighted by atomic mass is 9.76. The maximum absolute atomic E-state index is 12.8. The van der Waals surface area contributed by atoms with E-state index >= 15 is 0 Å². The molecule has 0 fully saturated rings. The molecule has 0 radical (unpaired) electrons. The molecule has 2 aliphatic carbocycles. The number of phenolic OH excluding ortho intramolecular Hbond substituents is 1. The second kappa shape index (κ2) is 5.17. The average molecular weight is 461 g/mol. The minimum atomic E-state index is -1.93. The number of benzene rings is 2. The van der Waals surface area contributed by atoms with E-state index in [-0.39, 0.29) is 46.1 Å². The molecule has 2 heterocycles. The number of hydrogen-bond acceptors (Lipinski definition) is 8. The van der Waals surface area contributed by atoms with Gasteiger partial charge in [-0.15, -0.1) is 0 Å². The number of carbonyl (C=O) groups is 2. The Hall–Kier alpha value is -2.46. The van der Waals surface area contributed by atoms with Gasteiger partial charge in [-0.2, -0.15) is 0 Å². The van der Waals surface area contributed by atoms with E-state index in [1.54, 1.807) is 18.2 Å². The first-order valence-corrected chi connectivity index (χ1v) is 9.87. The summed E-state index contributed by atoms with van der Waals surface area (Å²) in [6.07, 6.45) is -3.15. The van der Waals surface area contributed by atoms with Gasteiger partial charge in [0.15, 0.2) is 11.6 Å². The molecule has 2 aromatic rings. The normalized spacial score (nSPS) is 35.9. The molecule has 5 atom stereocenters. The molecule has 3 N–H and O–H groups in total. The van der Waals surface area contributed by atoms with Crippen LogP contribution in [0, 0.1) is 0 Å². The van der Waals surface area contributed by atoms with E-state index in [0.717, 1.165) is 0 Å². The monoisotopic (exact) mass is 460 g/mol. The summed E-state index contributed by atoms with van der Waals surface area (Å²) in [5, 5.41) is 32.3. The highest BCUT2D eigenvalue weighted by atomic mass is 79.9. The molecule has 0 aromatic heterocycles. The maximum atomic E-state index is 12.8. The van der Waals surface area contributed by atoms with E-state index in [2.05, 4.69) is 15.9 Å². The molecular weight excluding hydrogens is 448 g/mol. The molecule has 29 heavy (non-hydrogen) atoms. The van der Waals surface area contributed by atoms with Gasteiger partial charge in [-0.1, -0.05) is 28.1 Å². The van der Waals surface area contributed by atoms with Crippen LogP contribution in [0.4, 0.5) is 0 Å². The highest BCUT2D eigenvalue weighted by Crippen LogP contribution is 2.62. The smallest absolute Gasteiger partial charge is 0.273 e. The van der Waals surface area contributed by atoms with E-state index < -0.39 is 34.4 Å². The molecule has 8 nitrogen and oxygen atoms in total. The van der Waals surface area contributed by atoms with Crippen molar-refractivity contribution in [1.82, 2.24) is 0 Å². The number of hydrogen-bond donors (Lipinski definition) is 3. The van der Waals surface area contributed by atoms with Crippen LogP contribution in [-0.4, -0.2) is 43.9 Å². The van der Waals surface area contributed by atoms with E-state index in [4.69, 9.17) is 14.2 Å². The summed E-state index contributed by atoms with van der Waals surface area (Å²) in [4.78, 5) is 24.1. The van der Waals surface area contributed by atoms with Gasteiger partial charge in [0.1, 0.15) is 34.3 Å². The zero-order valence-corrected chi connectivity index (χ0v) is 16.2. The van der Waals surface area contributed by atoms with Crippen molar-refractivity contribution in [3.63, 3.8) is 0 Å². The number of aliphatic hydroxyl groups excluding tert-OH is 2. The lowest BCUT2D eigenvalue weighted by Crippen LogP contribution is -2.68. The summed E-state index contributed by atoms with van der Waals surface area (Å²) in [7, 11) is 0. The quantitative estimate of drug-likeness (QED) is 0.505. The third kappa shape index (κ3) is 1.81. The van der Waals surface area contributed by atoms with Crippen LogP contribution in [0.2, 0.25) is 0 Å². The lowest BCUT2D eigenvalue weighted by Gasteiger charge is -2.57. The predicted octanol–water partition coefficient (Wildman–Crippen LogP) is 1.47. The van der Waals surface area contributed by atoms with Crippen LogP contribution in [0.25, 0.3) is 0 Å². The van der Waals surface area contributed by atoms with Crippen LogP contribution < -0.4 is 9.47 Å². The molecule has 2 bridgehead atoms. The first-order valence-electron chi connectivity index (χ1n) is 8.96. The summed E-state index contributed by atoms with van der Waals surface area (Å²) in [5.41, 5.74) is 0.494. The molecular formula is C20H13BrO8. The Morgan fingerprint density at radius 1 is 1.00 bits per heavy atom. The number of rotatable bonds is 0. The van der Waals surface area contributed by atoms with Crippen molar-refractivity contribution in [1.29, 1.82) is 0 Å². The number of alkyl halides is 1. The lowest BCUT2D eigenvalue weighted by molar-refractivity contribution is -0.403. The minimum Gasteiger partial charge on any atom is -0.507 e. The Balaban J connectivity index is 1.74. The number of aromatic hydroxyl groups is 1. The minimum absolute atomic E-state index is 0.0523. The average Bonchev–Trinajstić information content (AvgIpc) is 2.70. The molecule has 0 amide bonds. The summed E-state index contributed by atoms with van der Waals surface area (Å²) in [6.45, 7) is 0. The summed E-state index contributed by atoms with van der Waals surface area (Å²) in [6, 6.07) is 7.50. The molecule has 0 saturated heterocycles. The van der Waals surface area contributed by atoms with Crippen LogP contribution in [0.5, 0.6) is 17.2 Å². The van der Waals surface area contributed by atoms with Gasteiger partial charge in [-0.25, -0.2) is 0 Å². The summed E-state index contributed by atoms with van der Waals surface area (Å²) in [5.74, 6) is -4.59. The zero-order chi connectivity index (χ0) is 20.3. The van der Waals surface area contributed by atoms with Gasteiger partial charge >= 0.3 is 0 Å². The standard InChI is InChI=1S/C20H13BrO8/c21-16-17(25)13-8(22)4-5-11-15(13)20(18(16)26)28-10-3-1-2-7-9(23)6-12(24)19(27-11,29-20)14(7)10/h1-5,12,16,18,22,24,26H,6H2/t12-,16+,18-,19-,20+/m1/s1. The van der Waals surface area contributed by atoms with Crippen molar-refractivity contribution >= 4 is 27.5 Å². The van der Waals surface area contributed by atoms with E-state index in [9.17, 15) is 24.9 Å². The third-order valence-electron chi connectivity index (χ3n) is 5.98. The number of Topliss-reactive ketones (excluding diaryl/α,β-unsaturated/α-hetero) is 2. The van der Waals surface area contributed by atoms with Gasteiger partial charge in [-0.3, -0.25) is 14.3 Å². The second-order valence-electron chi connectivity index (χ2n) is 7.51. The van der Waals surface area contributed by atoms with Crippen LogP contribution in [0.15, 0.2) is 30.3 Å². The number of aliphatic hydroxyl groups is 2. The predicted molar refractivity (Wildman–Crippen MR) is 98.3 cm³/mol. The van der Waals surface area contributed by atoms with Gasteiger partial charge in [0.05, 0.1) is 16.7 Å². The molecule has 9 heteroatoms. The van der Waals surface area contributed by atoms with Crippen molar-refractivity contribution in [2.45, 2.75) is 35.0 Å². The van der Waals surface area contributed by atoms with Crippen LogP contribution in [0.1, 0.15) is 38.3 Å². The Morgan fingerprint density at radius 3 is 2.52 bits per heavy atom. The molecule has 148 valence electrons. The number of carbonyl (C=O) groups excluding carboxylic acids is 2. The van der Waals surface area contributed by atoms with Crippen molar-refractivity contribution in [2.24, 2.45) is 0 Å². The molecule has 2 aromatic carbocycles. The fraction of sp³-hybridized carbons (Fsp3) is 0.300. The number of halogens is 1. The molecule has 4 aliphatic rings. The molecule has 2 aliphatic heterocycles. The fourth-order valence-corrected chi connectivity index (χ4v) is 5.30. The van der Waals surface area contributed by atoms with E-state index in [1.165, 1.54) is 12.1 Å². The van der Waals surface area contributed by atoms with E-state index in [0.29, 0.717) is 5.56 Å². The van der Waals surface area contributed by atoms with Gasteiger partial charge in [0.25, 0.3) is 11.6 Å². The summed E-state index contributed by atoms with van der Waals surface area (Å²) < 4.78 is 18.4. The number of ether oxygens (including phenoxy) is 3. The first-order chi connectivity index (χ1) is 13.8. The second-order valence-corrected chi connectivity index (χ2v) is 8.49. The number of ketones is 2. The zero-order valence-electron chi connectivity index (χ0n) is 14.6. The van der Waals surface area contributed by atoms with Gasteiger partial charge in [0.2, 0.25) is 0 Å². The van der Waals surface area contributed by atoms with Crippen LogP contribution in [-0.2, 0) is 16.3 Å². The van der Waals surface area contributed by atoms with Gasteiger partial charge < -0.3 is 24.8 Å². The topological polar surface area (TPSA) is 123 Å². The molecule has 0 saturated carbocycles. The molecule has 0 unspecified atom stereocenters. The summed E-state index contributed by atoms with van der Waals surface area (Å²) >= 11 is 3.18. The van der Waals surface area contributed by atoms with Gasteiger partial charge in [-0.05, 0) is 18.2 Å². The number of phenols is 1. The Kier molecular flexibility index (Phi) is 3.10. The van der Waals surface area contributed by atoms with Crippen molar-refractivity contribution in [3.05, 3.63) is 52.6 Å². The fourth-order valence-electron chi connectivity index (χ4n) is 4.72. The Morgan fingerprint density at radius 2 is 1.72 bits per heavy atom. The third-order valence-corrected chi connectivity index (χ3v) is 6.89. The van der Waals surface area contributed by atoms with Crippen LogP contribution >= 0.6 is 15.9 Å². The van der Waals surface area contributed by atoms with Crippen molar-refractivity contribution in [3.8, 4) is 17.2 Å². The molecule has 6 rings (SSSR count). The van der Waals surface area contributed by atoms with Crippen LogP contribution in [0.3, 0.4) is 0 Å². The molecule has 2 spiro atoms. The Labute approximate surface area is 171 Å². The highest BCUT2D eigenvalue weighted by Gasteiger charge is 2.70. The highest BCUT2D eigenvalue weighted by molar-refractivity contribution is 9.10. The van der Waals surface area contributed by atoms with E-state index in [1.807, 2.05) is 0 Å². The first kappa shape index (κ1) is 17.4. The van der Waals surface area contributed by atoms with Gasteiger partial charge in [0, 0.05) is 12.0 Å².